The third-order valence-corrected chi connectivity index (χ3v) is 3.86. The van der Waals surface area contributed by atoms with Crippen LogP contribution in [0, 0.1) is 12.3 Å². The summed E-state index contributed by atoms with van der Waals surface area (Å²) >= 11 is 0. The lowest BCUT2D eigenvalue weighted by molar-refractivity contribution is 0.572. The lowest BCUT2D eigenvalue weighted by atomic mass is 10.2. The summed E-state index contributed by atoms with van der Waals surface area (Å²) in [5.41, 5.74) is 0. The van der Waals surface area contributed by atoms with E-state index in [1.165, 1.54) is 0 Å². The van der Waals surface area contributed by atoms with Crippen LogP contribution < -0.4 is 5.32 Å². The van der Waals surface area contributed by atoms with Gasteiger partial charge in [-0.15, -0.1) is 6.42 Å². The molecule has 0 fully saturated rings. The average Bonchev–Trinajstić information content (AvgIpc) is 2.18. The molecule has 4 heteroatoms. The van der Waals surface area contributed by atoms with Crippen LogP contribution in [-0.4, -0.2) is 32.5 Å². The first-order valence-electron chi connectivity index (χ1n) is 4.95. The first-order chi connectivity index (χ1) is 6.55. The molecule has 0 aromatic heterocycles. The first-order valence-corrected chi connectivity index (χ1v) is 6.77. The zero-order valence-electron chi connectivity index (χ0n) is 8.91. The minimum atomic E-state index is -2.82. The number of nitrogens with one attached hydrogen (secondary N) is 1. The van der Waals surface area contributed by atoms with Gasteiger partial charge >= 0.3 is 0 Å². The van der Waals surface area contributed by atoms with Crippen molar-refractivity contribution in [3.8, 4) is 12.3 Å². The standard InChI is InChI=1S/C10H19NO2S/c1-4-10(5-2)11-8-7-9-14(12,13)6-3/h1,10-11H,5-9H2,2-3H3. The Kier molecular flexibility index (Phi) is 6.60. The first kappa shape index (κ1) is 13.5. The Balaban J connectivity index is 3.62. The van der Waals surface area contributed by atoms with Crippen LogP contribution in [0.1, 0.15) is 26.7 Å². The van der Waals surface area contributed by atoms with Crippen LogP contribution >= 0.6 is 0 Å². The van der Waals surface area contributed by atoms with Crippen LogP contribution in [0.15, 0.2) is 0 Å². The van der Waals surface area contributed by atoms with Crippen LogP contribution in [-0.2, 0) is 9.84 Å². The highest BCUT2D eigenvalue weighted by Crippen LogP contribution is 1.94. The van der Waals surface area contributed by atoms with E-state index in [0.29, 0.717) is 13.0 Å². The van der Waals surface area contributed by atoms with Gasteiger partial charge < -0.3 is 5.32 Å². The molecule has 0 bridgehead atoms. The lowest BCUT2D eigenvalue weighted by Crippen LogP contribution is -2.29. The van der Waals surface area contributed by atoms with Crippen molar-refractivity contribution in [1.29, 1.82) is 0 Å². The lowest BCUT2D eigenvalue weighted by Gasteiger charge is -2.09. The summed E-state index contributed by atoms with van der Waals surface area (Å²) < 4.78 is 22.2. The largest absolute Gasteiger partial charge is 0.304 e. The summed E-state index contributed by atoms with van der Waals surface area (Å²) in [5, 5.41) is 3.12. The van der Waals surface area contributed by atoms with Crippen LogP contribution in [0.25, 0.3) is 0 Å². The van der Waals surface area contributed by atoms with Crippen molar-refractivity contribution in [3.63, 3.8) is 0 Å². The monoisotopic (exact) mass is 217 g/mol. The fourth-order valence-corrected chi connectivity index (χ4v) is 1.91. The van der Waals surface area contributed by atoms with Gasteiger partial charge in [0, 0.05) is 5.75 Å². The Bertz CT molecular complexity index is 277. The smallest absolute Gasteiger partial charge is 0.150 e. The topological polar surface area (TPSA) is 46.2 Å². The zero-order valence-corrected chi connectivity index (χ0v) is 9.73. The maximum Gasteiger partial charge on any atom is 0.150 e. The third kappa shape index (κ3) is 6.01. The van der Waals surface area contributed by atoms with Gasteiger partial charge in [-0.05, 0) is 19.4 Å². The molecular formula is C10H19NO2S. The van der Waals surface area contributed by atoms with E-state index >= 15 is 0 Å². The molecule has 0 saturated heterocycles. The van der Waals surface area contributed by atoms with Crippen molar-refractivity contribution >= 4 is 9.84 Å². The maximum absolute atomic E-state index is 11.1. The molecule has 0 aromatic carbocycles. The second-order valence-electron chi connectivity index (χ2n) is 3.17. The van der Waals surface area contributed by atoms with Gasteiger partial charge in [0.05, 0.1) is 11.8 Å². The zero-order chi connectivity index (χ0) is 11.0. The maximum atomic E-state index is 11.1. The van der Waals surface area contributed by atoms with Gasteiger partial charge in [0.15, 0.2) is 0 Å². The summed E-state index contributed by atoms with van der Waals surface area (Å²) in [5.74, 6) is 3.07. The normalized spacial score (nSPS) is 13.5. The van der Waals surface area contributed by atoms with Crippen LogP contribution in [0.2, 0.25) is 0 Å². The SMILES string of the molecule is C#CC(CC)NCCCS(=O)(=O)CC. The number of terminal acetylenes is 1. The van der Waals surface area contributed by atoms with Crippen LogP contribution in [0.4, 0.5) is 0 Å². The van der Waals surface area contributed by atoms with Gasteiger partial charge in [0.1, 0.15) is 9.84 Å². The number of sulfone groups is 1. The number of hydrogen-bond donors (Lipinski definition) is 1. The van der Waals surface area contributed by atoms with Gasteiger partial charge in [-0.3, -0.25) is 0 Å². The molecule has 3 nitrogen and oxygen atoms in total. The molecular weight excluding hydrogens is 198 g/mol. The van der Waals surface area contributed by atoms with E-state index in [9.17, 15) is 8.42 Å². The average molecular weight is 217 g/mol. The van der Waals surface area contributed by atoms with E-state index in [2.05, 4.69) is 11.2 Å². The fourth-order valence-electron chi connectivity index (χ4n) is 1.03. The van der Waals surface area contributed by atoms with Crippen molar-refractivity contribution < 1.29 is 8.42 Å². The minimum Gasteiger partial charge on any atom is -0.304 e. The summed E-state index contributed by atoms with van der Waals surface area (Å²) in [4.78, 5) is 0. The van der Waals surface area contributed by atoms with Crippen molar-refractivity contribution in [3.05, 3.63) is 0 Å². The molecule has 0 saturated carbocycles. The Morgan fingerprint density at radius 1 is 1.43 bits per heavy atom. The Morgan fingerprint density at radius 3 is 2.50 bits per heavy atom. The van der Waals surface area contributed by atoms with E-state index in [-0.39, 0.29) is 17.5 Å². The van der Waals surface area contributed by atoms with Gasteiger partial charge in [-0.25, -0.2) is 8.42 Å². The molecule has 0 heterocycles. The predicted molar refractivity (Wildman–Crippen MR) is 59.9 cm³/mol. The fraction of sp³-hybridized carbons (Fsp3) is 0.800. The molecule has 82 valence electrons. The molecule has 1 atom stereocenters. The molecule has 1 N–H and O–H groups in total. The van der Waals surface area contributed by atoms with Crippen molar-refractivity contribution in [2.75, 3.05) is 18.1 Å². The predicted octanol–water partition coefficient (Wildman–Crippen LogP) is 0.813. The number of rotatable bonds is 7. The minimum absolute atomic E-state index is 0.0688. The van der Waals surface area contributed by atoms with Gasteiger partial charge in [0.25, 0.3) is 0 Å². The van der Waals surface area contributed by atoms with Crippen LogP contribution in [0.5, 0.6) is 0 Å². The molecule has 0 aromatic rings. The second kappa shape index (κ2) is 6.86. The highest BCUT2D eigenvalue weighted by atomic mass is 32.2. The molecule has 14 heavy (non-hydrogen) atoms. The molecule has 0 aliphatic carbocycles. The van der Waals surface area contributed by atoms with Gasteiger partial charge in [-0.1, -0.05) is 19.8 Å². The molecule has 0 aliphatic rings. The molecule has 0 rings (SSSR count). The summed E-state index contributed by atoms with van der Waals surface area (Å²) in [6.45, 7) is 4.33. The number of hydrogen-bond acceptors (Lipinski definition) is 3. The Hall–Kier alpha value is -0.530. The van der Waals surface area contributed by atoms with Crippen molar-refractivity contribution in [2.45, 2.75) is 32.7 Å². The summed E-state index contributed by atoms with van der Waals surface area (Å²) in [7, 11) is -2.82. The van der Waals surface area contributed by atoms with E-state index < -0.39 is 9.84 Å². The van der Waals surface area contributed by atoms with E-state index in [1.54, 1.807) is 6.92 Å². The van der Waals surface area contributed by atoms with Gasteiger partial charge in [0.2, 0.25) is 0 Å². The van der Waals surface area contributed by atoms with Gasteiger partial charge in [-0.2, -0.15) is 0 Å². The quantitative estimate of drug-likeness (QED) is 0.507. The molecule has 0 spiro atoms. The molecule has 0 amide bonds. The Labute approximate surface area is 87.2 Å². The third-order valence-electron chi connectivity index (χ3n) is 2.07. The summed E-state index contributed by atoms with van der Waals surface area (Å²) in [6, 6.07) is 0.0688. The molecule has 0 radical (unpaired) electrons. The van der Waals surface area contributed by atoms with E-state index in [0.717, 1.165) is 6.42 Å². The van der Waals surface area contributed by atoms with Crippen LogP contribution in [0.3, 0.4) is 0 Å². The Morgan fingerprint density at radius 2 is 2.07 bits per heavy atom. The van der Waals surface area contributed by atoms with Crippen molar-refractivity contribution in [2.24, 2.45) is 0 Å². The van der Waals surface area contributed by atoms with E-state index in [1.807, 2.05) is 6.92 Å². The van der Waals surface area contributed by atoms with Crippen molar-refractivity contribution in [1.82, 2.24) is 5.32 Å². The van der Waals surface area contributed by atoms with E-state index in [4.69, 9.17) is 6.42 Å². The molecule has 1 unspecified atom stereocenters. The second-order valence-corrected chi connectivity index (χ2v) is 5.64. The highest BCUT2D eigenvalue weighted by Gasteiger charge is 2.07. The summed E-state index contributed by atoms with van der Waals surface area (Å²) in [6.07, 6.45) is 6.75. The highest BCUT2D eigenvalue weighted by molar-refractivity contribution is 7.91. The molecule has 0 aliphatic heterocycles.